The highest BCUT2D eigenvalue weighted by Gasteiger charge is 2.65. The van der Waals surface area contributed by atoms with Crippen LogP contribution in [0.3, 0.4) is 0 Å². The minimum Gasteiger partial charge on any atom is -0.326 e. The predicted molar refractivity (Wildman–Crippen MR) is 93.1 cm³/mol. The third-order valence-corrected chi connectivity index (χ3v) is 7.33. The number of carbonyl (C=O) groups is 1. The molecule has 0 heterocycles. The molecular formula is C17H18BrCl2NO. The quantitative estimate of drug-likeness (QED) is 0.673. The first-order valence-corrected chi connectivity index (χ1v) is 9.47. The Labute approximate surface area is 149 Å². The first-order valence-electron chi connectivity index (χ1n) is 7.92. The molecule has 4 atom stereocenters. The molecule has 0 unspecified atom stereocenters. The molecule has 1 aromatic rings. The van der Waals surface area contributed by atoms with Crippen LogP contribution in [0.15, 0.2) is 28.7 Å². The van der Waals surface area contributed by atoms with E-state index in [1.54, 1.807) is 0 Å². The van der Waals surface area contributed by atoms with Crippen LogP contribution in [0.5, 0.6) is 0 Å². The van der Waals surface area contributed by atoms with Crippen molar-refractivity contribution >= 4 is 50.7 Å². The first-order chi connectivity index (χ1) is 10.5. The second-order valence-corrected chi connectivity index (χ2v) is 9.26. The highest BCUT2D eigenvalue weighted by Crippen LogP contribution is 2.67. The summed E-state index contributed by atoms with van der Waals surface area (Å²) in [7, 11) is 0. The number of rotatable bonds is 2. The van der Waals surface area contributed by atoms with Gasteiger partial charge in [0.25, 0.3) is 0 Å². The van der Waals surface area contributed by atoms with E-state index in [1.807, 2.05) is 24.3 Å². The van der Waals surface area contributed by atoms with Gasteiger partial charge in [-0.1, -0.05) is 22.0 Å². The zero-order chi connectivity index (χ0) is 15.5. The van der Waals surface area contributed by atoms with Gasteiger partial charge in [-0.3, -0.25) is 4.79 Å². The van der Waals surface area contributed by atoms with Crippen molar-refractivity contribution in [3.05, 3.63) is 28.7 Å². The van der Waals surface area contributed by atoms with E-state index in [4.69, 9.17) is 23.2 Å². The molecule has 0 aliphatic heterocycles. The standard InChI is InChI=1S/C17H18BrCl2NO/c18-9-2-1-3-10(8-9)21-16(22)15-11-4-6-13-14(17(13,19)20)7-5-12(11)15/h1-3,8,11-15H,4-7H2,(H,21,22)/t11-,12-,13+,14+/m0/s1. The van der Waals surface area contributed by atoms with Gasteiger partial charge in [-0.15, -0.1) is 23.2 Å². The lowest BCUT2D eigenvalue weighted by Crippen LogP contribution is -2.15. The summed E-state index contributed by atoms with van der Waals surface area (Å²) in [6, 6.07) is 7.76. The van der Waals surface area contributed by atoms with E-state index in [1.165, 1.54) is 0 Å². The molecule has 2 nitrogen and oxygen atoms in total. The summed E-state index contributed by atoms with van der Waals surface area (Å²) in [5, 5.41) is 3.06. The Morgan fingerprint density at radius 1 is 1.14 bits per heavy atom. The lowest BCUT2D eigenvalue weighted by molar-refractivity contribution is -0.117. The Kier molecular flexibility index (Phi) is 3.75. The molecule has 3 aliphatic carbocycles. The Balaban J connectivity index is 1.38. The van der Waals surface area contributed by atoms with Crippen molar-refractivity contribution in [1.82, 2.24) is 0 Å². The van der Waals surface area contributed by atoms with Crippen molar-refractivity contribution in [3.8, 4) is 0 Å². The Hall–Kier alpha value is -0.250. The van der Waals surface area contributed by atoms with E-state index < -0.39 is 4.33 Å². The molecule has 3 aliphatic rings. The Morgan fingerprint density at radius 3 is 2.36 bits per heavy atom. The molecule has 22 heavy (non-hydrogen) atoms. The number of hydrogen-bond donors (Lipinski definition) is 1. The molecular weight excluding hydrogens is 385 g/mol. The van der Waals surface area contributed by atoms with Crippen LogP contribution in [0.25, 0.3) is 0 Å². The Bertz CT molecular complexity index is 598. The monoisotopic (exact) mass is 401 g/mol. The van der Waals surface area contributed by atoms with Gasteiger partial charge in [0.1, 0.15) is 4.33 Å². The van der Waals surface area contributed by atoms with E-state index in [0.29, 0.717) is 23.7 Å². The summed E-state index contributed by atoms with van der Waals surface area (Å²) >= 11 is 16.1. The SMILES string of the molecule is O=C(Nc1cccc(Br)c1)C1[C@H]2CC[C@@H]3[C@@H](CC[C@H]12)C3(Cl)Cl. The molecule has 0 saturated heterocycles. The molecule has 3 fully saturated rings. The minimum absolute atomic E-state index is 0.173. The second-order valence-electron chi connectivity index (χ2n) is 6.90. The second kappa shape index (κ2) is 5.39. The van der Waals surface area contributed by atoms with E-state index in [2.05, 4.69) is 21.2 Å². The molecule has 4 rings (SSSR count). The van der Waals surface area contributed by atoms with Crippen molar-refractivity contribution < 1.29 is 4.79 Å². The first kappa shape index (κ1) is 15.3. The number of alkyl halides is 2. The van der Waals surface area contributed by atoms with E-state index in [-0.39, 0.29) is 11.8 Å². The van der Waals surface area contributed by atoms with Crippen LogP contribution in [0.2, 0.25) is 0 Å². The minimum atomic E-state index is -0.481. The van der Waals surface area contributed by atoms with Gasteiger partial charge >= 0.3 is 0 Å². The smallest absolute Gasteiger partial charge is 0.228 e. The molecule has 118 valence electrons. The normalized spacial score (nSPS) is 38.0. The largest absolute Gasteiger partial charge is 0.326 e. The third-order valence-electron chi connectivity index (χ3n) is 5.71. The fraction of sp³-hybridized carbons (Fsp3) is 0.588. The lowest BCUT2D eigenvalue weighted by atomic mass is 10.0. The fourth-order valence-corrected chi connectivity index (χ4v) is 5.72. The number of benzene rings is 1. The third kappa shape index (κ3) is 2.59. The molecule has 5 heteroatoms. The number of nitrogens with one attached hydrogen (secondary N) is 1. The van der Waals surface area contributed by atoms with Gasteiger partial charge in [-0.25, -0.2) is 0 Å². The average Bonchev–Trinajstić information content (AvgIpc) is 3.23. The molecule has 0 bridgehead atoms. The van der Waals surface area contributed by atoms with E-state index >= 15 is 0 Å². The number of fused-ring (bicyclic) bond motifs is 2. The maximum Gasteiger partial charge on any atom is 0.228 e. The Morgan fingerprint density at radius 2 is 1.77 bits per heavy atom. The summed E-state index contributed by atoms with van der Waals surface area (Å²) in [6.45, 7) is 0. The van der Waals surface area contributed by atoms with Crippen LogP contribution in [-0.2, 0) is 4.79 Å². The van der Waals surface area contributed by atoms with Crippen molar-refractivity contribution in [2.45, 2.75) is 30.0 Å². The number of anilines is 1. The van der Waals surface area contributed by atoms with Gasteiger partial charge in [0.2, 0.25) is 5.91 Å². The zero-order valence-corrected chi connectivity index (χ0v) is 15.2. The summed E-state index contributed by atoms with van der Waals surface area (Å²) in [4.78, 5) is 12.5. The predicted octanol–water partition coefficient (Wildman–Crippen LogP) is 5.24. The summed E-state index contributed by atoms with van der Waals surface area (Å²) in [5.74, 6) is 2.30. The van der Waals surface area contributed by atoms with Crippen LogP contribution < -0.4 is 5.32 Å². The van der Waals surface area contributed by atoms with Crippen LogP contribution in [-0.4, -0.2) is 10.2 Å². The van der Waals surface area contributed by atoms with Crippen LogP contribution in [0, 0.1) is 29.6 Å². The van der Waals surface area contributed by atoms with Gasteiger partial charge < -0.3 is 5.32 Å². The van der Waals surface area contributed by atoms with Crippen molar-refractivity contribution in [2.24, 2.45) is 29.6 Å². The highest BCUT2D eigenvalue weighted by molar-refractivity contribution is 9.10. The molecule has 1 N–H and O–H groups in total. The lowest BCUT2D eigenvalue weighted by Gasteiger charge is -2.05. The van der Waals surface area contributed by atoms with E-state index in [0.717, 1.165) is 35.8 Å². The highest BCUT2D eigenvalue weighted by atomic mass is 79.9. The molecule has 3 saturated carbocycles. The maximum atomic E-state index is 12.5. The van der Waals surface area contributed by atoms with Gasteiger partial charge in [0, 0.05) is 16.1 Å². The van der Waals surface area contributed by atoms with Gasteiger partial charge in [-0.2, -0.15) is 0 Å². The molecule has 1 aromatic carbocycles. The molecule has 0 spiro atoms. The molecule has 0 radical (unpaired) electrons. The van der Waals surface area contributed by atoms with Crippen LogP contribution in [0.1, 0.15) is 25.7 Å². The van der Waals surface area contributed by atoms with Crippen molar-refractivity contribution in [1.29, 1.82) is 0 Å². The van der Waals surface area contributed by atoms with Crippen LogP contribution >= 0.6 is 39.1 Å². The number of hydrogen-bond acceptors (Lipinski definition) is 1. The summed E-state index contributed by atoms with van der Waals surface area (Å²) in [6.07, 6.45) is 4.31. The fourth-order valence-electron chi connectivity index (χ4n) is 4.40. The number of amides is 1. The van der Waals surface area contributed by atoms with E-state index in [9.17, 15) is 4.79 Å². The number of carbonyl (C=O) groups excluding carboxylic acids is 1. The number of halogens is 3. The topological polar surface area (TPSA) is 29.1 Å². The molecule has 0 aromatic heterocycles. The zero-order valence-electron chi connectivity index (χ0n) is 12.1. The van der Waals surface area contributed by atoms with Crippen LogP contribution in [0.4, 0.5) is 5.69 Å². The summed E-state index contributed by atoms with van der Waals surface area (Å²) < 4.78 is 0.498. The van der Waals surface area contributed by atoms with Crippen molar-refractivity contribution in [2.75, 3.05) is 5.32 Å². The van der Waals surface area contributed by atoms with Crippen molar-refractivity contribution in [3.63, 3.8) is 0 Å². The summed E-state index contributed by atoms with van der Waals surface area (Å²) in [5.41, 5.74) is 0.863. The van der Waals surface area contributed by atoms with Gasteiger partial charge in [0.15, 0.2) is 0 Å². The van der Waals surface area contributed by atoms with Gasteiger partial charge in [-0.05, 0) is 67.6 Å². The molecule has 1 amide bonds. The maximum absolute atomic E-state index is 12.5. The average molecular weight is 403 g/mol. The van der Waals surface area contributed by atoms with Gasteiger partial charge in [0.05, 0.1) is 0 Å².